The van der Waals surface area contributed by atoms with Gasteiger partial charge in [-0.1, -0.05) is 12.1 Å². The number of likely N-dealkylation sites (N-methyl/N-ethyl adjacent to an activating group) is 1. The van der Waals surface area contributed by atoms with Crippen LogP contribution in [-0.2, 0) is 11.3 Å². The molecule has 0 N–H and O–H groups in total. The molecular weight excluding hydrogens is 305 g/mol. The zero-order valence-corrected chi connectivity index (χ0v) is 15.2. The van der Waals surface area contributed by atoms with Gasteiger partial charge < -0.3 is 9.80 Å². The Kier molecular flexibility index (Phi) is 7.18. The highest BCUT2D eigenvalue weighted by Gasteiger charge is 2.22. The third-order valence-corrected chi connectivity index (χ3v) is 4.81. The normalized spacial score (nSPS) is 16.5. The van der Waals surface area contributed by atoms with Crippen molar-refractivity contribution in [1.82, 2.24) is 14.7 Å². The molecule has 0 spiro atoms. The average molecular weight is 335 g/mol. The van der Waals surface area contributed by atoms with Crippen LogP contribution >= 0.6 is 0 Å². The van der Waals surface area contributed by atoms with Crippen LogP contribution in [0.2, 0.25) is 0 Å². The van der Waals surface area contributed by atoms with E-state index in [0.717, 1.165) is 31.1 Å². The Balaban J connectivity index is 1.71. The van der Waals surface area contributed by atoms with E-state index < -0.39 is 0 Å². The Hall–Kier alpha value is -1.46. The van der Waals surface area contributed by atoms with Gasteiger partial charge >= 0.3 is 0 Å². The van der Waals surface area contributed by atoms with Crippen LogP contribution in [0, 0.1) is 11.7 Å². The summed E-state index contributed by atoms with van der Waals surface area (Å²) < 4.78 is 12.9. The molecule has 0 radical (unpaired) electrons. The molecule has 1 aliphatic heterocycles. The van der Waals surface area contributed by atoms with Gasteiger partial charge in [0.2, 0.25) is 5.91 Å². The molecule has 134 valence electrons. The highest BCUT2D eigenvalue weighted by Crippen LogP contribution is 2.20. The summed E-state index contributed by atoms with van der Waals surface area (Å²) in [4.78, 5) is 18.6. The van der Waals surface area contributed by atoms with Crippen molar-refractivity contribution in [2.24, 2.45) is 5.92 Å². The smallest absolute Gasteiger partial charge is 0.236 e. The number of carbonyl (C=O) groups excluding carboxylic acids is 1. The number of nitrogens with zero attached hydrogens (tertiary/aromatic N) is 3. The Morgan fingerprint density at radius 3 is 2.38 bits per heavy atom. The minimum atomic E-state index is -0.245. The Morgan fingerprint density at radius 1 is 1.17 bits per heavy atom. The van der Waals surface area contributed by atoms with Crippen LogP contribution in [0.25, 0.3) is 0 Å². The van der Waals surface area contributed by atoms with E-state index in [1.165, 1.54) is 31.4 Å². The zero-order valence-electron chi connectivity index (χ0n) is 15.2. The molecule has 0 atom stereocenters. The van der Waals surface area contributed by atoms with E-state index in [4.69, 9.17) is 0 Å². The Bertz CT molecular complexity index is 510. The lowest BCUT2D eigenvalue weighted by Gasteiger charge is -2.33. The minimum Gasteiger partial charge on any atom is -0.340 e. The molecule has 1 aromatic carbocycles. The van der Waals surface area contributed by atoms with E-state index in [9.17, 15) is 9.18 Å². The first-order valence-electron chi connectivity index (χ1n) is 8.79. The van der Waals surface area contributed by atoms with Gasteiger partial charge in [-0.2, -0.15) is 0 Å². The second kappa shape index (κ2) is 9.14. The first kappa shape index (κ1) is 18.9. The van der Waals surface area contributed by atoms with Crippen LogP contribution in [0.4, 0.5) is 4.39 Å². The van der Waals surface area contributed by atoms with Crippen LogP contribution in [0.1, 0.15) is 24.8 Å². The van der Waals surface area contributed by atoms with Crippen molar-refractivity contribution >= 4 is 5.91 Å². The molecule has 0 aliphatic carbocycles. The maximum atomic E-state index is 12.9. The van der Waals surface area contributed by atoms with Gasteiger partial charge in [-0.25, -0.2) is 4.39 Å². The van der Waals surface area contributed by atoms with Gasteiger partial charge in [0.05, 0.1) is 6.54 Å². The molecule has 0 bridgehead atoms. The summed E-state index contributed by atoms with van der Waals surface area (Å²) in [7, 11) is 6.05. The largest absolute Gasteiger partial charge is 0.340 e. The van der Waals surface area contributed by atoms with E-state index in [-0.39, 0.29) is 11.7 Å². The monoisotopic (exact) mass is 335 g/mol. The molecule has 2 rings (SSSR count). The van der Waals surface area contributed by atoms with Crippen molar-refractivity contribution in [3.63, 3.8) is 0 Å². The SMILES string of the molecule is CN(C)CCC1CCN(CC(=O)N(C)Cc2ccc(F)cc2)CC1. The second-order valence-electron chi connectivity index (χ2n) is 7.19. The minimum absolute atomic E-state index is 0.131. The van der Waals surface area contributed by atoms with Crippen molar-refractivity contribution in [2.75, 3.05) is 47.3 Å². The number of amides is 1. The average Bonchev–Trinajstić information content (AvgIpc) is 2.56. The summed E-state index contributed by atoms with van der Waals surface area (Å²) in [6.07, 6.45) is 3.62. The van der Waals surface area contributed by atoms with Crippen LogP contribution in [0.15, 0.2) is 24.3 Å². The molecule has 0 unspecified atom stereocenters. The van der Waals surface area contributed by atoms with E-state index in [0.29, 0.717) is 13.1 Å². The molecule has 0 saturated carbocycles. The number of rotatable bonds is 7. The first-order chi connectivity index (χ1) is 11.4. The fraction of sp³-hybridized carbons (Fsp3) is 0.632. The Morgan fingerprint density at radius 2 is 1.79 bits per heavy atom. The number of hydrogen-bond donors (Lipinski definition) is 0. The molecule has 1 amide bonds. The number of carbonyl (C=O) groups is 1. The van der Waals surface area contributed by atoms with Gasteiger partial charge in [-0.3, -0.25) is 9.69 Å². The molecular formula is C19H30FN3O. The van der Waals surface area contributed by atoms with Crippen LogP contribution in [0.3, 0.4) is 0 Å². The second-order valence-corrected chi connectivity index (χ2v) is 7.19. The molecule has 1 saturated heterocycles. The quantitative estimate of drug-likeness (QED) is 0.766. The first-order valence-corrected chi connectivity index (χ1v) is 8.79. The predicted octanol–water partition coefficient (Wildman–Crippen LogP) is 2.45. The maximum absolute atomic E-state index is 12.9. The molecule has 1 aliphatic rings. The maximum Gasteiger partial charge on any atom is 0.236 e. The lowest BCUT2D eigenvalue weighted by molar-refractivity contribution is -0.132. The molecule has 1 aromatic rings. The van der Waals surface area contributed by atoms with Gasteiger partial charge in [0.15, 0.2) is 0 Å². The van der Waals surface area contributed by atoms with E-state index >= 15 is 0 Å². The van der Waals surface area contributed by atoms with Gasteiger partial charge in [-0.05, 0) is 76.6 Å². The number of halogens is 1. The van der Waals surface area contributed by atoms with Crippen LogP contribution in [-0.4, -0.2) is 67.9 Å². The number of hydrogen-bond acceptors (Lipinski definition) is 3. The summed E-state index contributed by atoms with van der Waals surface area (Å²) in [5, 5.41) is 0. The van der Waals surface area contributed by atoms with Crippen molar-refractivity contribution < 1.29 is 9.18 Å². The summed E-state index contributed by atoms with van der Waals surface area (Å²) >= 11 is 0. The third-order valence-electron chi connectivity index (χ3n) is 4.81. The topological polar surface area (TPSA) is 26.8 Å². The molecule has 24 heavy (non-hydrogen) atoms. The van der Waals surface area contributed by atoms with E-state index in [1.807, 2.05) is 7.05 Å². The lowest BCUT2D eigenvalue weighted by Crippen LogP contribution is -2.42. The van der Waals surface area contributed by atoms with Crippen molar-refractivity contribution in [2.45, 2.75) is 25.8 Å². The van der Waals surface area contributed by atoms with Crippen LogP contribution < -0.4 is 0 Å². The van der Waals surface area contributed by atoms with Gasteiger partial charge in [-0.15, -0.1) is 0 Å². The molecule has 1 fully saturated rings. The molecule has 1 heterocycles. The van der Waals surface area contributed by atoms with Crippen molar-refractivity contribution in [3.8, 4) is 0 Å². The molecule has 4 nitrogen and oxygen atoms in total. The third kappa shape index (κ3) is 6.21. The molecule has 0 aromatic heterocycles. The van der Waals surface area contributed by atoms with Crippen molar-refractivity contribution in [3.05, 3.63) is 35.6 Å². The fourth-order valence-electron chi connectivity index (χ4n) is 3.14. The Labute approximate surface area is 145 Å². The van der Waals surface area contributed by atoms with Gasteiger partial charge in [0.25, 0.3) is 0 Å². The highest BCUT2D eigenvalue weighted by atomic mass is 19.1. The standard InChI is InChI=1S/C19H30FN3O/c1-21(2)11-8-16-9-12-23(13-10-16)15-19(24)22(3)14-17-4-6-18(20)7-5-17/h4-7,16H,8-15H2,1-3H3. The summed E-state index contributed by atoms with van der Waals surface area (Å²) in [5.41, 5.74) is 0.953. The van der Waals surface area contributed by atoms with Crippen molar-refractivity contribution in [1.29, 1.82) is 0 Å². The fourth-order valence-corrected chi connectivity index (χ4v) is 3.14. The van der Waals surface area contributed by atoms with Gasteiger partial charge in [0, 0.05) is 13.6 Å². The predicted molar refractivity (Wildman–Crippen MR) is 95.2 cm³/mol. The van der Waals surface area contributed by atoms with E-state index in [1.54, 1.807) is 17.0 Å². The summed E-state index contributed by atoms with van der Waals surface area (Å²) in [6.45, 7) is 4.17. The number of benzene rings is 1. The lowest BCUT2D eigenvalue weighted by atomic mass is 9.93. The molecule has 5 heteroatoms. The summed E-state index contributed by atoms with van der Waals surface area (Å²) in [6, 6.07) is 6.34. The number of piperidine rings is 1. The summed E-state index contributed by atoms with van der Waals surface area (Å²) in [5.74, 6) is 0.673. The van der Waals surface area contributed by atoms with Crippen LogP contribution in [0.5, 0.6) is 0 Å². The highest BCUT2D eigenvalue weighted by molar-refractivity contribution is 5.78. The van der Waals surface area contributed by atoms with E-state index in [2.05, 4.69) is 23.9 Å². The number of likely N-dealkylation sites (tertiary alicyclic amines) is 1. The van der Waals surface area contributed by atoms with Gasteiger partial charge in [0.1, 0.15) is 5.82 Å². The zero-order chi connectivity index (χ0) is 17.5.